The van der Waals surface area contributed by atoms with Gasteiger partial charge in [-0.15, -0.1) is 10.2 Å². The van der Waals surface area contributed by atoms with Crippen molar-refractivity contribution >= 4 is 51.4 Å². The molecule has 0 aliphatic heterocycles. The van der Waals surface area contributed by atoms with E-state index in [0.717, 1.165) is 21.4 Å². The van der Waals surface area contributed by atoms with Crippen molar-refractivity contribution in [3.05, 3.63) is 57.5 Å². The average Bonchev–Trinajstić information content (AvgIpc) is 3.16. The Balaban J connectivity index is 1.61. The average molecular weight is 509 g/mol. The van der Waals surface area contributed by atoms with Crippen LogP contribution in [0.2, 0.25) is 5.02 Å². The highest BCUT2D eigenvalue weighted by atomic mass is 79.9. The molecule has 0 spiro atoms. The lowest BCUT2D eigenvalue weighted by Gasteiger charge is -2.07. The molecule has 0 fully saturated rings. The fourth-order valence-corrected chi connectivity index (χ4v) is 3.93. The molecule has 0 unspecified atom stereocenters. The molecule has 1 aromatic heterocycles. The molecule has 0 aliphatic carbocycles. The molecule has 0 atom stereocenters. The van der Waals surface area contributed by atoms with Gasteiger partial charge in [0.05, 0.1) is 19.1 Å². The van der Waals surface area contributed by atoms with Gasteiger partial charge < -0.3 is 9.30 Å². The number of hydrogen-bond acceptors (Lipinski definition) is 6. The van der Waals surface area contributed by atoms with Gasteiger partial charge >= 0.3 is 0 Å². The molecule has 10 heteroatoms. The van der Waals surface area contributed by atoms with Gasteiger partial charge in [0.25, 0.3) is 5.91 Å². The zero-order valence-electron chi connectivity index (χ0n) is 16.3. The maximum absolute atomic E-state index is 12.2. The summed E-state index contributed by atoms with van der Waals surface area (Å²) < 4.78 is 8.13. The number of hydrazone groups is 1. The van der Waals surface area contributed by atoms with Crippen LogP contribution in [-0.2, 0) is 11.3 Å². The molecule has 0 saturated heterocycles. The van der Waals surface area contributed by atoms with Crippen LogP contribution < -0.4 is 10.2 Å². The topological polar surface area (TPSA) is 81.4 Å². The number of amides is 1. The maximum Gasteiger partial charge on any atom is 0.250 e. The van der Waals surface area contributed by atoms with Crippen molar-refractivity contribution in [3.63, 3.8) is 0 Å². The second-order valence-electron chi connectivity index (χ2n) is 6.03. The first kappa shape index (κ1) is 22.3. The van der Waals surface area contributed by atoms with Gasteiger partial charge in [0.1, 0.15) is 5.75 Å². The lowest BCUT2D eigenvalue weighted by atomic mass is 10.2. The van der Waals surface area contributed by atoms with E-state index in [1.165, 1.54) is 11.8 Å². The minimum Gasteiger partial charge on any atom is -0.496 e. The third kappa shape index (κ3) is 5.62. The summed E-state index contributed by atoms with van der Waals surface area (Å²) in [6.45, 7) is 2.68. The van der Waals surface area contributed by atoms with Crippen LogP contribution in [0, 0.1) is 0 Å². The van der Waals surface area contributed by atoms with E-state index >= 15 is 0 Å². The number of carbonyl (C=O) groups excluding carboxylic acids is 1. The number of carbonyl (C=O) groups is 1. The number of hydrogen-bond donors (Lipinski definition) is 1. The smallest absolute Gasteiger partial charge is 0.250 e. The molecule has 2 aromatic carbocycles. The van der Waals surface area contributed by atoms with Gasteiger partial charge in [-0.1, -0.05) is 39.3 Å². The lowest BCUT2D eigenvalue weighted by Crippen LogP contribution is -2.20. The summed E-state index contributed by atoms with van der Waals surface area (Å²) in [4.78, 5) is 12.2. The lowest BCUT2D eigenvalue weighted by molar-refractivity contribution is -0.118. The summed E-state index contributed by atoms with van der Waals surface area (Å²) in [6, 6.07) is 12.9. The number of aromatic nitrogens is 3. The zero-order chi connectivity index (χ0) is 21.5. The summed E-state index contributed by atoms with van der Waals surface area (Å²) in [5, 5.41) is 13.8. The van der Waals surface area contributed by atoms with E-state index in [2.05, 4.69) is 36.7 Å². The van der Waals surface area contributed by atoms with Crippen molar-refractivity contribution in [1.82, 2.24) is 20.2 Å². The Morgan fingerprint density at radius 1 is 1.30 bits per heavy atom. The quantitative estimate of drug-likeness (QED) is 0.272. The Kier molecular flexibility index (Phi) is 7.89. The third-order valence-corrected chi connectivity index (χ3v) is 5.76. The standard InChI is InChI=1S/C20H19BrClN5O2S/c1-3-27-19(13-4-7-16(22)8-5-13)25-26-20(27)30-12-18(28)24-23-11-14-10-15(21)6-9-17(14)29-2/h4-11H,3,12H2,1-2H3,(H,24,28)/b23-11-. The molecular weight excluding hydrogens is 490 g/mol. The molecule has 1 heterocycles. The summed E-state index contributed by atoms with van der Waals surface area (Å²) in [5.74, 6) is 1.31. The van der Waals surface area contributed by atoms with Crippen LogP contribution in [-0.4, -0.2) is 39.7 Å². The maximum atomic E-state index is 12.2. The van der Waals surface area contributed by atoms with Crippen LogP contribution in [0.4, 0.5) is 0 Å². The van der Waals surface area contributed by atoms with Crippen LogP contribution >= 0.6 is 39.3 Å². The Labute approximate surface area is 192 Å². The van der Waals surface area contributed by atoms with Crippen molar-refractivity contribution in [3.8, 4) is 17.1 Å². The molecule has 3 aromatic rings. The molecule has 156 valence electrons. The molecule has 30 heavy (non-hydrogen) atoms. The van der Waals surface area contributed by atoms with Crippen molar-refractivity contribution in [2.45, 2.75) is 18.6 Å². The number of thioether (sulfide) groups is 1. The van der Waals surface area contributed by atoms with Crippen LogP contribution in [0.5, 0.6) is 5.75 Å². The van der Waals surface area contributed by atoms with Crippen molar-refractivity contribution in [1.29, 1.82) is 0 Å². The van der Waals surface area contributed by atoms with Crippen molar-refractivity contribution in [2.75, 3.05) is 12.9 Å². The molecule has 0 radical (unpaired) electrons. The largest absolute Gasteiger partial charge is 0.496 e. The minimum atomic E-state index is -0.246. The van der Waals surface area contributed by atoms with Crippen LogP contribution in [0.3, 0.4) is 0 Å². The predicted octanol–water partition coefficient (Wildman–Crippen LogP) is 4.63. The van der Waals surface area contributed by atoms with Crippen molar-refractivity contribution < 1.29 is 9.53 Å². The monoisotopic (exact) mass is 507 g/mol. The molecule has 0 saturated carbocycles. The van der Waals surface area contributed by atoms with Crippen molar-refractivity contribution in [2.24, 2.45) is 5.10 Å². The second-order valence-corrected chi connectivity index (χ2v) is 8.32. The molecule has 7 nitrogen and oxygen atoms in total. The zero-order valence-corrected chi connectivity index (χ0v) is 19.5. The van der Waals surface area contributed by atoms with Gasteiger partial charge in [-0.05, 0) is 49.4 Å². The summed E-state index contributed by atoms with van der Waals surface area (Å²) >= 11 is 10.7. The van der Waals surface area contributed by atoms with Crippen LogP contribution in [0.1, 0.15) is 12.5 Å². The molecule has 0 bridgehead atoms. The Morgan fingerprint density at radius 2 is 2.07 bits per heavy atom. The fraction of sp³-hybridized carbons (Fsp3) is 0.200. The minimum absolute atomic E-state index is 0.158. The highest BCUT2D eigenvalue weighted by Crippen LogP contribution is 2.25. The number of nitrogens with one attached hydrogen (secondary N) is 1. The van der Waals surface area contributed by atoms with Gasteiger partial charge in [0, 0.05) is 27.2 Å². The Hall–Kier alpha value is -2.36. The number of nitrogens with zero attached hydrogens (tertiary/aromatic N) is 4. The summed E-state index contributed by atoms with van der Waals surface area (Å²) in [5.41, 5.74) is 4.18. The van der Waals surface area contributed by atoms with E-state index in [0.29, 0.717) is 22.5 Å². The first-order valence-corrected chi connectivity index (χ1v) is 11.1. The SMILES string of the molecule is CCn1c(SCC(=O)N/N=C\c2cc(Br)ccc2OC)nnc1-c1ccc(Cl)cc1. The first-order chi connectivity index (χ1) is 14.5. The van der Waals surface area contributed by atoms with Gasteiger partial charge in [-0.2, -0.15) is 5.10 Å². The van der Waals surface area contributed by atoms with Gasteiger partial charge in [-0.25, -0.2) is 5.43 Å². The van der Waals surface area contributed by atoms with Crippen LogP contribution in [0.15, 0.2) is 57.2 Å². The number of ether oxygens (including phenoxy) is 1. The summed E-state index contributed by atoms with van der Waals surface area (Å²) in [6.07, 6.45) is 1.54. The van der Waals surface area contributed by atoms with E-state index in [1.807, 2.05) is 54.0 Å². The molecule has 1 amide bonds. The number of benzene rings is 2. The van der Waals surface area contributed by atoms with E-state index in [4.69, 9.17) is 16.3 Å². The Morgan fingerprint density at radius 3 is 2.77 bits per heavy atom. The van der Waals surface area contributed by atoms with E-state index in [1.54, 1.807) is 13.3 Å². The normalized spacial score (nSPS) is 11.1. The van der Waals surface area contributed by atoms with E-state index in [-0.39, 0.29) is 11.7 Å². The van der Waals surface area contributed by atoms with Gasteiger partial charge in [0.2, 0.25) is 0 Å². The Bertz CT molecular complexity index is 1060. The number of rotatable bonds is 8. The fourth-order valence-electron chi connectivity index (χ4n) is 2.64. The van der Waals surface area contributed by atoms with E-state index < -0.39 is 0 Å². The molecule has 0 aliphatic rings. The highest BCUT2D eigenvalue weighted by molar-refractivity contribution is 9.10. The van der Waals surface area contributed by atoms with Gasteiger partial charge in [0.15, 0.2) is 11.0 Å². The van der Waals surface area contributed by atoms with E-state index in [9.17, 15) is 4.79 Å². The highest BCUT2D eigenvalue weighted by Gasteiger charge is 2.14. The van der Waals surface area contributed by atoms with Gasteiger partial charge in [-0.3, -0.25) is 4.79 Å². The second kappa shape index (κ2) is 10.6. The molecular formula is C20H19BrClN5O2S. The first-order valence-electron chi connectivity index (χ1n) is 8.99. The molecule has 3 rings (SSSR count). The molecule has 1 N–H and O–H groups in total. The predicted molar refractivity (Wildman–Crippen MR) is 123 cm³/mol. The van der Waals surface area contributed by atoms with Crippen LogP contribution in [0.25, 0.3) is 11.4 Å². The number of halogens is 2. The summed E-state index contributed by atoms with van der Waals surface area (Å²) in [7, 11) is 1.58. The number of methoxy groups -OCH3 is 1. The third-order valence-electron chi connectivity index (χ3n) is 4.05.